The molecule has 2 nitrogen and oxygen atoms in total. The van der Waals surface area contributed by atoms with Crippen molar-refractivity contribution in [1.29, 1.82) is 0 Å². The van der Waals surface area contributed by atoms with Gasteiger partial charge in [0.05, 0.1) is 12.2 Å². The number of ether oxygens (including phenoxy) is 1. The van der Waals surface area contributed by atoms with E-state index < -0.39 is 0 Å². The third-order valence-electron chi connectivity index (χ3n) is 2.69. The van der Waals surface area contributed by atoms with Crippen LogP contribution in [-0.4, -0.2) is 18.1 Å². The molecule has 0 saturated carbocycles. The van der Waals surface area contributed by atoms with E-state index in [0.717, 1.165) is 10.6 Å². The minimum absolute atomic E-state index is 0.00760. The Morgan fingerprint density at radius 2 is 1.85 bits per heavy atom. The van der Waals surface area contributed by atoms with Gasteiger partial charge in [-0.3, -0.25) is 4.79 Å². The van der Waals surface area contributed by atoms with E-state index in [0.29, 0.717) is 17.9 Å². The van der Waals surface area contributed by atoms with Crippen LogP contribution >= 0.6 is 11.8 Å². The average molecular weight is 290 g/mol. The second-order valence-corrected chi connectivity index (χ2v) is 5.37. The molecule has 2 rings (SSSR count). The smallest absolute Gasteiger partial charge is 0.163 e. The lowest BCUT2D eigenvalue weighted by atomic mass is 10.1. The molecule has 4 heteroatoms. The maximum Gasteiger partial charge on any atom is 0.163 e. The second kappa shape index (κ2) is 7.10. The molecule has 0 N–H and O–H groups in total. The fraction of sp³-hybridized carbons (Fsp3) is 0.188. The Morgan fingerprint density at radius 1 is 1.15 bits per heavy atom. The van der Waals surface area contributed by atoms with Crippen molar-refractivity contribution in [3.63, 3.8) is 0 Å². The standard InChI is InChI=1S/C16H15FO2S/c1-12(18)15-4-2-3-5-16(15)19-10-11-20-14-8-6-13(17)7-9-14/h2-9H,10-11H2,1H3. The molecule has 0 heterocycles. The number of hydrogen-bond acceptors (Lipinski definition) is 3. The van der Waals surface area contributed by atoms with Crippen LogP contribution in [0.25, 0.3) is 0 Å². The van der Waals surface area contributed by atoms with Crippen LogP contribution in [0.2, 0.25) is 0 Å². The molecule has 0 aliphatic carbocycles. The molecule has 2 aromatic rings. The Kier molecular flexibility index (Phi) is 5.18. The van der Waals surface area contributed by atoms with Gasteiger partial charge in [0.25, 0.3) is 0 Å². The first-order chi connectivity index (χ1) is 9.66. The van der Waals surface area contributed by atoms with Gasteiger partial charge in [-0.1, -0.05) is 12.1 Å². The first kappa shape index (κ1) is 14.6. The molecular weight excluding hydrogens is 275 g/mol. The molecule has 0 fully saturated rings. The van der Waals surface area contributed by atoms with Gasteiger partial charge in [-0.2, -0.15) is 0 Å². The summed E-state index contributed by atoms with van der Waals surface area (Å²) in [5.74, 6) is 1.10. The van der Waals surface area contributed by atoms with Gasteiger partial charge in [-0.15, -0.1) is 11.8 Å². The largest absolute Gasteiger partial charge is 0.492 e. The van der Waals surface area contributed by atoms with Crippen molar-refractivity contribution < 1.29 is 13.9 Å². The molecule has 104 valence electrons. The van der Waals surface area contributed by atoms with Crippen LogP contribution in [-0.2, 0) is 0 Å². The molecule has 0 spiro atoms. The number of ketones is 1. The van der Waals surface area contributed by atoms with E-state index in [4.69, 9.17) is 4.74 Å². The molecule has 0 atom stereocenters. The fourth-order valence-electron chi connectivity index (χ4n) is 1.73. The van der Waals surface area contributed by atoms with E-state index in [9.17, 15) is 9.18 Å². The van der Waals surface area contributed by atoms with Crippen LogP contribution in [0.4, 0.5) is 4.39 Å². The first-order valence-corrected chi connectivity index (χ1v) is 7.26. The van der Waals surface area contributed by atoms with Gasteiger partial charge >= 0.3 is 0 Å². The summed E-state index contributed by atoms with van der Waals surface area (Å²) in [4.78, 5) is 12.4. The summed E-state index contributed by atoms with van der Waals surface area (Å²) in [5.41, 5.74) is 0.597. The molecule has 20 heavy (non-hydrogen) atoms. The maximum atomic E-state index is 12.8. The van der Waals surface area contributed by atoms with Gasteiger partial charge in [0.15, 0.2) is 5.78 Å². The van der Waals surface area contributed by atoms with Crippen LogP contribution in [0.1, 0.15) is 17.3 Å². The molecule has 0 radical (unpaired) electrons. The molecule has 0 saturated heterocycles. The summed E-state index contributed by atoms with van der Waals surface area (Å²) in [6.45, 7) is 2.02. The van der Waals surface area contributed by atoms with Gasteiger partial charge in [0.1, 0.15) is 11.6 Å². The van der Waals surface area contributed by atoms with Crippen molar-refractivity contribution in [1.82, 2.24) is 0 Å². The zero-order valence-corrected chi connectivity index (χ0v) is 12.0. The lowest BCUT2D eigenvalue weighted by Gasteiger charge is -2.09. The van der Waals surface area contributed by atoms with Crippen LogP contribution in [0.15, 0.2) is 53.4 Å². The summed E-state index contributed by atoms with van der Waals surface area (Å²) in [5, 5.41) is 0. The normalized spacial score (nSPS) is 10.3. The van der Waals surface area contributed by atoms with Crippen molar-refractivity contribution in [2.24, 2.45) is 0 Å². The number of rotatable bonds is 6. The summed E-state index contributed by atoms with van der Waals surface area (Å²) in [6, 6.07) is 13.6. The highest BCUT2D eigenvalue weighted by molar-refractivity contribution is 7.99. The lowest BCUT2D eigenvalue weighted by molar-refractivity contribution is 0.101. The fourth-order valence-corrected chi connectivity index (χ4v) is 2.46. The van der Waals surface area contributed by atoms with E-state index in [-0.39, 0.29) is 11.6 Å². The minimum atomic E-state index is -0.235. The zero-order chi connectivity index (χ0) is 14.4. The average Bonchev–Trinajstić information content (AvgIpc) is 2.46. The maximum absolute atomic E-state index is 12.8. The molecule has 0 amide bonds. The number of para-hydroxylation sites is 1. The minimum Gasteiger partial charge on any atom is -0.492 e. The van der Waals surface area contributed by atoms with Crippen LogP contribution in [0, 0.1) is 5.82 Å². The molecule has 0 aliphatic rings. The Balaban J connectivity index is 1.84. The number of carbonyl (C=O) groups is 1. The molecule has 0 bridgehead atoms. The van der Waals surface area contributed by atoms with Crippen molar-refractivity contribution in [2.45, 2.75) is 11.8 Å². The second-order valence-electron chi connectivity index (χ2n) is 4.20. The van der Waals surface area contributed by atoms with Crippen LogP contribution < -0.4 is 4.74 Å². The Hall–Kier alpha value is -1.81. The number of benzene rings is 2. The van der Waals surface area contributed by atoms with Gasteiger partial charge in [-0.25, -0.2) is 4.39 Å². The van der Waals surface area contributed by atoms with Gasteiger partial charge < -0.3 is 4.74 Å². The van der Waals surface area contributed by atoms with E-state index in [1.165, 1.54) is 19.1 Å². The highest BCUT2D eigenvalue weighted by Crippen LogP contribution is 2.21. The number of halogens is 1. The number of carbonyl (C=O) groups excluding carboxylic acids is 1. The highest BCUT2D eigenvalue weighted by Gasteiger charge is 2.06. The van der Waals surface area contributed by atoms with Gasteiger partial charge in [0, 0.05) is 10.6 Å². The SMILES string of the molecule is CC(=O)c1ccccc1OCCSc1ccc(F)cc1. The van der Waals surface area contributed by atoms with Crippen LogP contribution in [0.3, 0.4) is 0 Å². The molecule has 0 aromatic heterocycles. The van der Waals surface area contributed by atoms with E-state index in [2.05, 4.69) is 0 Å². The monoisotopic (exact) mass is 290 g/mol. The molecule has 0 unspecified atom stereocenters. The molecular formula is C16H15FO2S. The summed E-state index contributed by atoms with van der Waals surface area (Å²) in [7, 11) is 0. The van der Waals surface area contributed by atoms with E-state index in [1.54, 1.807) is 36.0 Å². The topological polar surface area (TPSA) is 26.3 Å². The van der Waals surface area contributed by atoms with E-state index >= 15 is 0 Å². The van der Waals surface area contributed by atoms with Crippen LogP contribution in [0.5, 0.6) is 5.75 Å². The lowest BCUT2D eigenvalue weighted by Crippen LogP contribution is -2.04. The third kappa shape index (κ3) is 4.10. The number of thioether (sulfide) groups is 1. The zero-order valence-electron chi connectivity index (χ0n) is 11.1. The number of hydrogen-bond donors (Lipinski definition) is 0. The summed E-state index contributed by atoms with van der Waals surface area (Å²) in [6.07, 6.45) is 0. The Morgan fingerprint density at radius 3 is 2.55 bits per heavy atom. The predicted molar refractivity (Wildman–Crippen MR) is 79.1 cm³/mol. The summed E-state index contributed by atoms with van der Waals surface area (Å²) >= 11 is 1.59. The Labute approximate surface area is 122 Å². The van der Waals surface area contributed by atoms with Gasteiger partial charge in [0.2, 0.25) is 0 Å². The quantitative estimate of drug-likeness (QED) is 0.453. The number of Topliss-reactive ketones (excluding diaryl/α,β-unsaturated/α-hetero) is 1. The first-order valence-electron chi connectivity index (χ1n) is 6.28. The van der Waals surface area contributed by atoms with Crippen molar-refractivity contribution in [3.8, 4) is 5.75 Å². The van der Waals surface area contributed by atoms with Crippen molar-refractivity contribution in [3.05, 3.63) is 59.9 Å². The molecule has 0 aliphatic heterocycles. The van der Waals surface area contributed by atoms with Crippen molar-refractivity contribution >= 4 is 17.5 Å². The van der Waals surface area contributed by atoms with Crippen molar-refractivity contribution in [2.75, 3.05) is 12.4 Å². The predicted octanol–water partition coefficient (Wildman–Crippen LogP) is 4.20. The third-order valence-corrected chi connectivity index (χ3v) is 3.67. The Bertz CT molecular complexity index is 581. The molecule has 2 aromatic carbocycles. The summed E-state index contributed by atoms with van der Waals surface area (Å²) < 4.78 is 18.4. The van der Waals surface area contributed by atoms with E-state index in [1.807, 2.05) is 12.1 Å². The van der Waals surface area contributed by atoms with Gasteiger partial charge in [-0.05, 0) is 43.3 Å². The highest BCUT2D eigenvalue weighted by atomic mass is 32.2.